The topological polar surface area (TPSA) is 58.4 Å². The molecule has 2 heterocycles. The molecular formula is C18H23N3O2. The number of likely N-dealkylation sites (tertiary alicyclic amines) is 1. The van der Waals surface area contributed by atoms with Crippen molar-refractivity contribution in [2.24, 2.45) is 5.41 Å². The highest BCUT2D eigenvalue weighted by molar-refractivity contribution is 5.93. The zero-order chi connectivity index (χ0) is 16.3. The third-order valence-electron chi connectivity index (χ3n) is 5.09. The fourth-order valence-electron chi connectivity index (χ4n) is 3.22. The normalized spacial score (nSPS) is 17.2. The monoisotopic (exact) mass is 313 g/mol. The average Bonchev–Trinajstić information content (AvgIpc) is 3.11. The van der Waals surface area contributed by atoms with Crippen LogP contribution in [-0.2, 0) is 0 Å². The van der Waals surface area contributed by atoms with E-state index in [-0.39, 0.29) is 17.9 Å². The first-order valence-corrected chi connectivity index (χ1v) is 8.17. The lowest BCUT2D eigenvalue weighted by Gasteiger charge is -2.40. The van der Waals surface area contributed by atoms with Crippen LogP contribution in [0.1, 0.15) is 36.7 Å². The third kappa shape index (κ3) is 3.01. The first kappa shape index (κ1) is 15.7. The van der Waals surface area contributed by atoms with Gasteiger partial charge in [0.25, 0.3) is 5.91 Å². The van der Waals surface area contributed by atoms with E-state index in [1.807, 2.05) is 39.8 Å². The van der Waals surface area contributed by atoms with Gasteiger partial charge in [-0.15, -0.1) is 0 Å². The van der Waals surface area contributed by atoms with Crippen molar-refractivity contribution in [3.8, 4) is 5.69 Å². The van der Waals surface area contributed by atoms with Gasteiger partial charge in [-0.05, 0) is 36.8 Å². The molecule has 0 bridgehead atoms. The van der Waals surface area contributed by atoms with Crippen LogP contribution < -0.4 is 0 Å². The molecule has 1 aliphatic heterocycles. The molecule has 23 heavy (non-hydrogen) atoms. The second kappa shape index (κ2) is 6.54. The van der Waals surface area contributed by atoms with Crippen molar-refractivity contribution in [2.75, 3.05) is 19.7 Å². The van der Waals surface area contributed by atoms with Gasteiger partial charge in [0.15, 0.2) is 0 Å². The summed E-state index contributed by atoms with van der Waals surface area (Å²) in [7, 11) is 0. The number of hydrogen-bond acceptors (Lipinski definition) is 3. The van der Waals surface area contributed by atoms with E-state index in [2.05, 4.69) is 11.9 Å². The molecule has 0 radical (unpaired) electrons. The summed E-state index contributed by atoms with van der Waals surface area (Å²) in [5.74, 6) is 0.00833. The first-order valence-electron chi connectivity index (χ1n) is 8.17. The van der Waals surface area contributed by atoms with Crippen LogP contribution in [0.15, 0.2) is 42.9 Å². The molecule has 5 heteroatoms. The molecule has 0 saturated carbocycles. The maximum Gasteiger partial charge on any atom is 0.272 e. The smallest absolute Gasteiger partial charge is 0.272 e. The van der Waals surface area contributed by atoms with E-state index in [1.54, 1.807) is 12.5 Å². The fraction of sp³-hybridized carbons (Fsp3) is 0.444. The van der Waals surface area contributed by atoms with Crippen molar-refractivity contribution in [1.82, 2.24) is 14.5 Å². The molecule has 1 aromatic carbocycles. The summed E-state index contributed by atoms with van der Waals surface area (Å²) in [5.41, 5.74) is 1.50. The predicted octanol–water partition coefficient (Wildman–Crippen LogP) is 2.50. The minimum atomic E-state index is -0.0174. The van der Waals surface area contributed by atoms with Gasteiger partial charge in [-0.2, -0.15) is 0 Å². The Balaban J connectivity index is 1.77. The maximum atomic E-state index is 12.8. The molecule has 5 nitrogen and oxygen atoms in total. The Hall–Kier alpha value is -2.14. The highest BCUT2D eigenvalue weighted by atomic mass is 16.3. The number of hydrogen-bond donors (Lipinski definition) is 1. The van der Waals surface area contributed by atoms with E-state index >= 15 is 0 Å². The predicted molar refractivity (Wildman–Crippen MR) is 88.5 cm³/mol. The molecule has 1 saturated heterocycles. The van der Waals surface area contributed by atoms with Gasteiger partial charge in [0.1, 0.15) is 5.69 Å². The number of benzene rings is 1. The molecule has 2 aromatic rings. The third-order valence-corrected chi connectivity index (χ3v) is 5.09. The summed E-state index contributed by atoms with van der Waals surface area (Å²) in [6, 6.07) is 9.76. The molecule has 1 N–H and O–H groups in total. The lowest BCUT2D eigenvalue weighted by molar-refractivity contribution is 0.0333. The van der Waals surface area contributed by atoms with Crippen LogP contribution in [0.25, 0.3) is 5.69 Å². The number of aliphatic hydroxyl groups excluding tert-OH is 1. The molecule has 3 rings (SSSR count). The molecule has 0 atom stereocenters. The molecule has 1 aliphatic rings. The van der Waals surface area contributed by atoms with E-state index in [4.69, 9.17) is 0 Å². The average molecular weight is 313 g/mol. The van der Waals surface area contributed by atoms with Gasteiger partial charge in [-0.3, -0.25) is 9.36 Å². The second-order valence-electron chi connectivity index (χ2n) is 6.29. The summed E-state index contributed by atoms with van der Waals surface area (Å²) in [5, 5.41) is 9.63. The summed E-state index contributed by atoms with van der Waals surface area (Å²) >= 11 is 0. The van der Waals surface area contributed by atoms with Gasteiger partial charge in [0.05, 0.1) is 12.5 Å². The zero-order valence-electron chi connectivity index (χ0n) is 13.5. The molecule has 0 spiro atoms. The number of carbonyl (C=O) groups excluding carboxylic acids is 1. The largest absolute Gasteiger partial charge is 0.396 e. The number of piperidine rings is 1. The van der Waals surface area contributed by atoms with Crippen molar-refractivity contribution in [1.29, 1.82) is 0 Å². The van der Waals surface area contributed by atoms with E-state index < -0.39 is 0 Å². The number of para-hydroxylation sites is 1. The minimum absolute atomic E-state index is 0.00833. The molecule has 122 valence electrons. The number of rotatable bonds is 4. The second-order valence-corrected chi connectivity index (χ2v) is 6.29. The maximum absolute atomic E-state index is 12.8. The van der Waals surface area contributed by atoms with Crippen molar-refractivity contribution in [3.05, 3.63) is 48.5 Å². The van der Waals surface area contributed by atoms with E-state index in [0.717, 1.165) is 24.9 Å². The van der Waals surface area contributed by atoms with Gasteiger partial charge >= 0.3 is 0 Å². The molecule has 0 aliphatic carbocycles. The minimum Gasteiger partial charge on any atom is -0.396 e. The van der Waals surface area contributed by atoms with Crippen molar-refractivity contribution in [2.45, 2.75) is 26.2 Å². The van der Waals surface area contributed by atoms with Gasteiger partial charge in [-0.25, -0.2) is 4.98 Å². The molecule has 0 unspecified atom stereocenters. The zero-order valence-corrected chi connectivity index (χ0v) is 13.5. The van der Waals surface area contributed by atoms with Crippen LogP contribution in [0.2, 0.25) is 0 Å². The van der Waals surface area contributed by atoms with E-state index in [9.17, 15) is 9.90 Å². The van der Waals surface area contributed by atoms with Crippen molar-refractivity contribution >= 4 is 5.91 Å². The fourth-order valence-corrected chi connectivity index (χ4v) is 3.22. The van der Waals surface area contributed by atoms with Crippen molar-refractivity contribution in [3.63, 3.8) is 0 Å². The molecule has 1 fully saturated rings. The standard InChI is InChI=1S/C18H23N3O2/c1-2-18(13-22)8-10-20(11-9-18)17(23)16-12-19-14-21(16)15-6-4-3-5-7-15/h3-7,12,14,22H,2,8-11,13H2,1H3. The van der Waals surface area contributed by atoms with Crippen LogP contribution >= 0.6 is 0 Å². The van der Waals surface area contributed by atoms with Crippen LogP contribution in [0.4, 0.5) is 0 Å². The van der Waals surface area contributed by atoms with Crippen LogP contribution in [0.3, 0.4) is 0 Å². The number of nitrogens with zero attached hydrogens (tertiary/aromatic N) is 3. The molecule has 1 aromatic heterocycles. The molecule has 1 amide bonds. The van der Waals surface area contributed by atoms with E-state index in [0.29, 0.717) is 18.8 Å². The van der Waals surface area contributed by atoms with Crippen LogP contribution in [0, 0.1) is 5.41 Å². The van der Waals surface area contributed by atoms with Crippen LogP contribution in [0.5, 0.6) is 0 Å². The van der Waals surface area contributed by atoms with E-state index in [1.165, 1.54) is 0 Å². The Labute approximate surface area is 136 Å². The summed E-state index contributed by atoms with van der Waals surface area (Å²) in [6.07, 6.45) is 5.96. The van der Waals surface area contributed by atoms with Gasteiger partial charge < -0.3 is 10.0 Å². The number of imidazole rings is 1. The summed E-state index contributed by atoms with van der Waals surface area (Å²) in [6.45, 7) is 3.69. The highest BCUT2D eigenvalue weighted by Crippen LogP contribution is 2.34. The quantitative estimate of drug-likeness (QED) is 0.943. The Kier molecular flexibility index (Phi) is 4.48. The number of aliphatic hydroxyl groups is 1. The Bertz CT molecular complexity index is 652. The summed E-state index contributed by atoms with van der Waals surface area (Å²) in [4.78, 5) is 18.9. The number of amides is 1. The lowest BCUT2D eigenvalue weighted by Crippen LogP contribution is -2.44. The van der Waals surface area contributed by atoms with Gasteiger partial charge in [-0.1, -0.05) is 25.1 Å². The van der Waals surface area contributed by atoms with Crippen molar-refractivity contribution < 1.29 is 9.90 Å². The Morgan fingerprint density at radius 1 is 1.26 bits per heavy atom. The van der Waals surface area contributed by atoms with Gasteiger partial charge in [0.2, 0.25) is 0 Å². The van der Waals surface area contributed by atoms with Gasteiger partial charge in [0, 0.05) is 25.4 Å². The number of carbonyl (C=O) groups is 1. The summed E-state index contributed by atoms with van der Waals surface area (Å²) < 4.78 is 1.83. The lowest BCUT2D eigenvalue weighted by atomic mass is 9.77. The Morgan fingerprint density at radius 3 is 2.57 bits per heavy atom. The SMILES string of the molecule is CCC1(CO)CCN(C(=O)c2cncn2-c2ccccc2)CC1. The first-order chi connectivity index (χ1) is 11.2. The highest BCUT2D eigenvalue weighted by Gasteiger charge is 2.34. The number of aromatic nitrogens is 2. The Morgan fingerprint density at radius 2 is 1.96 bits per heavy atom. The van der Waals surface area contributed by atoms with Crippen LogP contribution in [-0.4, -0.2) is 45.2 Å². The molecular weight excluding hydrogens is 290 g/mol.